The van der Waals surface area contributed by atoms with Gasteiger partial charge >= 0.3 is 12.1 Å². The number of cyclic esters (lactones) is 1. The second kappa shape index (κ2) is 14.6. The third-order valence-electron chi connectivity index (χ3n) is 9.96. The summed E-state index contributed by atoms with van der Waals surface area (Å²) >= 11 is 6.01. The first kappa shape index (κ1) is 35.9. The van der Waals surface area contributed by atoms with Crippen molar-refractivity contribution in [1.82, 2.24) is 5.32 Å². The van der Waals surface area contributed by atoms with Crippen LogP contribution in [0.3, 0.4) is 0 Å². The number of nitrogens with one attached hydrogen (secondary N) is 1. The summed E-state index contributed by atoms with van der Waals surface area (Å²) in [4.78, 5) is 25.6. The number of carbonyl (C=O) groups excluding carboxylic acids is 2. The minimum atomic E-state index is -1.90. The molecule has 0 aromatic heterocycles. The molecular weight excluding hydrogens is 630 g/mol. The summed E-state index contributed by atoms with van der Waals surface area (Å²) in [5.74, 6) is 3.34. The molecule has 0 aromatic rings. The number of aliphatic hydroxyl groups is 1. The van der Waals surface area contributed by atoms with E-state index in [2.05, 4.69) is 17.2 Å². The number of halogens is 1. The molecule has 1 aliphatic carbocycles. The summed E-state index contributed by atoms with van der Waals surface area (Å²) in [7, 11) is 3.14. The molecule has 0 unspecified atom stereocenters. The number of carbonyl (C=O) groups is 2. The van der Waals surface area contributed by atoms with Crippen LogP contribution < -0.4 is 5.32 Å². The average molecular weight is 678 g/mol. The second-order valence-corrected chi connectivity index (χ2v) is 14.3. The number of esters is 1. The van der Waals surface area contributed by atoms with Gasteiger partial charge in [0.1, 0.15) is 18.2 Å². The third-order valence-corrected chi connectivity index (χ3v) is 10.4. The van der Waals surface area contributed by atoms with E-state index in [1.807, 2.05) is 33.8 Å². The Bertz CT molecular complexity index is 1320. The first-order valence-electron chi connectivity index (χ1n) is 16.4. The molecule has 2 N–H and O–H groups in total. The fourth-order valence-electron chi connectivity index (χ4n) is 7.26. The molecule has 0 radical (unpaired) electrons. The monoisotopic (exact) mass is 677 g/mol. The molecule has 1 saturated carbocycles. The Morgan fingerprint density at radius 3 is 2.57 bits per heavy atom. The molecule has 2 bridgehead atoms. The Morgan fingerprint density at radius 1 is 1.15 bits per heavy atom. The van der Waals surface area contributed by atoms with Crippen molar-refractivity contribution in [3.05, 3.63) is 36.0 Å². The van der Waals surface area contributed by atoms with Gasteiger partial charge in [0.25, 0.3) is 0 Å². The van der Waals surface area contributed by atoms with E-state index in [1.54, 1.807) is 38.3 Å². The summed E-state index contributed by atoms with van der Waals surface area (Å²) in [5, 5.41) is 14.8. The number of hydrogen-bond donors (Lipinski definition) is 2. The van der Waals surface area contributed by atoms with Crippen molar-refractivity contribution < 1.29 is 47.9 Å². The predicted octanol–water partition coefficient (Wildman–Crippen LogP) is 4.16. The summed E-state index contributed by atoms with van der Waals surface area (Å²) in [6.07, 6.45) is 5.17. The SMILES string of the molecule is CO[C@@H]1/C=C(\C)C[C@H](/C=C/C=C/C#C[C@@H]2C[C@H]2Cl)OC(=O)C[C@@]2(O)C[C@H](O[C@@H]3O[C@@H](C)[C@H]4NC(=O)O[C@@]4(C)[C@H]3OC)[C@@H](C)[C@@H](O2)[C@@H]1C. The van der Waals surface area contributed by atoms with Gasteiger partial charge in [-0.15, -0.1) is 11.6 Å². The molecule has 5 aliphatic rings. The van der Waals surface area contributed by atoms with E-state index in [0.717, 1.165) is 12.0 Å². The first-order chi connectivity index (χ1) is 22.3. The quantitative estimate of drug-likeness (QED) is 0.139. The standard InChI is InChI=1S/C35H48ClNO10/c1-19-14-24(13-11-9-8-10-12-23-16-25(23)36)44-28(38)18-35(40)17-27(21(3)29(46-35)20(2)26(15-19)41-6)45-32-31(42-7)34(5)30(22(4)43-32)37-33(39)47-34/h8-9,11,13,15,20-27,29-32,40H,14,16-18H2,1-7H3,(H,37,39)/b9-8+,13-11+,19-15+/t20-,21-,22+,23-,24+,25-,26-,27+,29+,30-,31+,32+,34-,35-/m1/s1. The number of ether oxygens (including phenoxy) is 7. The van der Waals surface area contributed by atoms with E-state index in [4.69, 9.17) is 44.8 Å². The van der Waals surface area contributed by atoms with E-state index >= 15 is 0 Å². The van der Waals surface area contributed by atoms with Gasteiger partial charge in [0.15, 0.2) is 17.7 Å². The maximum atomic E-state index is 13.4. The van der Waals surface area contributed by atoms with E-state index in [-0.39, 0.29) is 35.7 Å². The maximum Gasteiger partial charge on any atom is 0.408 e. The van der Waals surface area contributed by atoms with Crippen LogP contribution in [0.4, 0.5) is 4.79 Å². The molecule has 4 heterocycles. The minimum Gasteiger partial charge on any atom is -0.458 e. The molecule has 4 aliphatic heterocycles. The van der Waals surface area contributed by atoms with E-state index in [9.17, 15) is 14.7 Å². The van der Waals surface area contributed by atoms with Crippen LogP contribution in [0.1, 0.15) is 60.3 Å². The summed E-state index contributed by atoms with van der Waals surface area (Å²) in [5.41, 5.74) is -0.0797. The van der Waals surface area contributed by atoms with Crippen LogP contribution in [0.15, 0.2) is 36.0 Å². The Balaban J connectivity index is 1.37. The van der Waals surface area contributed by atoms with Gasteiger partial charge in [0.2, 0.25) is 0 Å². The molecule has 47 heavy (non-hydrogen) atoms. The molecule has 0 aromatic carbocycles. The first-order valence-corrected chi connectivity index (χ1v) is 16.8. The number of methoxy groups -OCH3 is 2. The lowest BCUT2D eigenvalue weighted by Crippen LogP contribution is -2.67. The van der Waals surface area contributed by atoms with Gasteiger partial charge in [0.05, 0.1) is 30.8 Å². The Hall–Kier alpha value is -2.43. The van der Waals surface area contributed by atoms with E-state index in [0.29, 0.717) is 6.42 Å². The van der Waals surface area contributed by atoms with Crippen LogP contribution in [0.5, 0.6) is 0 Å². The normalized spacial score (nSPS) is 46.5. The van der Waals surface area contributed by atoms with Crippen LogP contribution in [0, 0.1) is 29.6 Å². The molecule has 260 valence electrons. The Morgan fingerprint density at radius 2 is 1.89 bits per heavy atom. The number of allylic oxidation sites excluding steroid dienone is 3. The molecule has 11 nitrogen and oxygen atoms in total. The summed E-state index contributed by atoms with van der Waals surface area (Å²) in [6.45, 7) is 9.57. The van der Waals surface area contributed by atoms with E-state index < -0.39 is 72.7 Å². The maximum absolute atomic E-state index is 13.4. The largest absolute Gasteiger partial charge is 0.458 e. The number of amides is 1. The van der Waals surface area contributed by atoms with Crippen molar-refractivity contribution in [2.75, 3.05) is 14.2 Å². The number of rotatable bonds is 6. The van der Waals surface area contributed by atoms with Crippen LogP contribution in [0.2, 0.25) is 0 Å². The van der Waals surface area contributed by atoms with Gasteiger partial charge in [-0.05, 0) is 39.3 Å². The van der Waals surface area contributed by atoms with Gasteiger partial charge in [-0.3, -0.25) is 4.79 Å². The summed E-state index contributed by atoms with van der Waals surface area (Å²) < 4.78 is 42.5. The zero-order chi connectivity index (χ0) is 34.1. The van der Waals surface area contributed by atoms with Crippen LogP contribution >= 0.6 is 11.6 Å². The van der Waals surface area contributed by atoms with Crippen LogP contribution in [-0.2, 0) is 38.0 Å². The van der Waals surface area contributed by atoms with Crippen molar-refractivity contribution in [3.8, 4) is 11.8 Å². The Labute approximate surface area is 282 Å². The highest BCUT2D eigenvalue weighted by Crippen LogP contribution is 2.44. The molecule has 14 atom stereocenters. The van der Waals surface area contributed by atoms with Crippen molar-refractivity contribution in [3.63, 3.8) is 0 Å². The fourth-order valence-corrected chi connectivity index (χ4v) is 7.51. The van der Waals surface area contributed by atoms with Crippen molar-refractivity contribution >= 4 is 23.7 Å². The molecule has 5 rings (SSSR count). The predicted molar refractivity (Wildman–Crippen MR) is 172 cm³/mol. The second-order valence-electron chi connectivity index (χ2n) is 13.7. The number of fused-ring (bicyclic) bond motifs is 3. The zero-order valence-corrected chi connectivity index (χ0v) is 28.9. The molecule has 1 amide bonds. The lowest BCUT2D eigenvalue weighted by Gasteiger charge is -2.51. The van der Waals surface area contributed by atoms with Gasteiger partial charge in [-0.2, -0.15) is 0 Å². The fraction of sp³-hybridized carbons (Fsp3) is 0.714. The molecule has 0 spiro atoms. The highest BCUT2D eigenvalue weighted by atomic mass is 35.5. The number of alkyl halides is 1. The molecule has 3 saturated heterocycles. The van der Waals surface area contributed by atoms with Gasteiger partial charge in [-0.1, -0.05) is 49.5 Å². The zero-order valence-electron chi connectivity index (χ0n) is 28.1. The van der Waals surface area contributed by atoms with Crippen molar-refractivity contribution in [2.45, 2.75) is 126 Å². The van der Waals surface area contributed by atoms with Gasteiger partial charge in [-0.25, -0.2) is 4.79 Å². The Kier molecular flexibility index (Phi) is 11.1. The molecule has 4 fully saturated rings. The third kappa shape index (κ3) is 8.07. The van der Waals surface area contributed by atoms with Crippen molar-refractivity contribution in [2.24, 2.45) is 17.8 Å². The topological polar surface area (TPSA) is 131 Å². The van der Waals surface area contributed by atoms with Crippen molar-refractivity contribution in [1.29, 1.82) is 0 Å². The minimum absolute atomic E-state index is 0.0338. The average Bonchev–Trinajstić information content (AvgIpc) is 3.60. The molecular formula is C35H48ClNO10. The van der Waals surface area contributed by atoms with E-state index in [1.165, 1.54) is 7.11 Å². The highest BCUT2D eigenvalue weighted by Gasteiger charge is 2.61. The van der Waals surface area contributed by atoms with Crippen LogP contribution in [0.25, 0.3) is 0 Å². The summed E-state index contributed by atoms with van der Waals surface area (Å²) in [6, 6.07) is -0.443. The van der Waals surface area contributed by atoms with Gasteiger partial charge < -0.3 is 43.6 Å². The number of alkyl carbamates (subject to hydrolysis) is 1. The molecule has 12 heteroatoms. The number of hydrogen-bond acceptors (Lipinski definition) is 10. The smallest absolute Gasteiger partial charge is 0.408 e. The van der Waals surface area contributed by atoms with Crippen LogP contribution in [-0.4, -0.2) is 97.1 Å². The highest BCUT2D eigenvalue weighted by molar-refractivity contribution is 6.22. The lowest BCUT2D eigenvalue weighted by molar-refractivity contribution is -0.348. The lowest BCUT2D eigenvalue weighted by atomic mass is 9.79. The van der Waals surface area contributed by atoms with Gasteiger partial charge in [0, 0.05) is 50.2 Å².